The quantitative estimate of drug-likeness (QED) is 0.294. The lowest BCUT2D eigenvalue weighted by molar-refractivity contribution is -0.148. The number of hydrogen-bond donors (Lipinski definition) is 3. The van der Waals surface area contributed by atoms with Crippen LogP contribution in [-0.2, 0) is 4.79 Å². The van der Waals surface area contributed by atoms with E-state index in [4.69, 9.17) is 5.73 Å². The first-order valence-electron chi connectivity index (χ1n) is 9.65. The number of ketones is 1. The third-order valence-electron chi connectivity index (χ3n) is 4.59. The van der Waals surface area contributed by atoms with Crippen LogP contribution in [0.5, 0.6) is 0 Å². The molecule has 0 saturated heterocycles. The first kappa shape index (κ1) is 22.6. The normalized spacial score (nSPS) is 15.3. The number of aliphatic hydroxyl groups is 2. The zero-order chi connectivity index (χ0) is 17.6. The number of carbonyl (C=O) groups excluding carboxylic acids is 1. The van der Waals surface area contributed by atoms with Crippen LogP contribution in [0.3, 0.4) is 0 Å². The minimum atomic E-state index is -2.09. The Kier molecular flexibility index (Phi) is 13.7. The number of aliphatic hydroxyl groups excluding tert-OH is 1. The number of nitrogens with two attached hydrogens (primary N) is 1. The van der Waals surface area contributed by atoms with E-state index in [2.05, 4.69) is 6.92 Å². The third-order valence-corrected chi connectivity index (χ3v) is 4.59. The van der Waals surface area contributed by atoms with Crippen molar-refractivity contribution in [2.45, 2.75) is 116 Å². The molecule has 0 saturated carbocycles. The van der Waals surface area contributed by atoms with Crippen molar-refractivity contribution in [3.63, 3.8) is 0 Å². The second kappa shape index (κ2) is 13.9. The Hall–Kier alpha value is -0.450. The Balaban J connectivity index is 3.33. The molecule has 0 rings (SSSR count). The molecular weight excluding hydrogens is 290 g/mol. The number of carbonyl (C=O) groups is 1. The SMILES string of the molecule is CCCCCCCCCCCCCCCC(=O)C(N)(O)C(C)O. The molecular formula is C19H39NO3. The van der Waals surface area contributed by atoms with Gasteiger partial charge in [-0.2, -0.15) is 0 Å². The molecule has 0 spiro atoms. The molecule has 0 heterocycles. The van der Waals surface area contributed by atoms with Crippen LogP contribution in [0, 0.1) is 0 Å². The molecule has 0 aromatic heterocycles. The van der Waals surface area contributed by atoms with Gasteiger partial charge in [-0.25, -0.2) is 0 Å². The van der Waals surface area contributed by atoms with Gasteiger partial charge in [0.25, 0.3) is 0 Å². The van der Waals surface area contributed by atoms with E-state index in [-0.39, 0.29) is 6.42 Å². The monoisotopic (exact) mass is 329 g/mol. The van der Waals surface area contributed by atoms with Crippen molar-refractivity contribution < 1.29 is 15.0 Å². The highest BCUT2D eigenvalue weighted by Gasteiger charge is 2.35. The van der Waals surface area contributed by atoms with E-state index in [9.17, 15) is 15.0 Å². The van der Waals surface area contributed by atoms with Crippen LogP contribution < -0.4 is 5.73 Å². The Morgan fingerprint density at radius 1 is 0.870 bits per heavy atom. The van der Waals surface area contributed by atoms with E-state index in [0.717, 1.165) is 19.3 Å². The molecule has 0 fully saturated rings. The Labute approximate surface area is 142 Å². The average molecular weight is 330 g/mol. The first-order valence-corrected chi connectivity index (χ1v) is 9.65. The molecule has 0 aliphatic carbocycles. The maximum absolute atomic E-state index is 11.7. The van der Waals surface area contributed by atoms with Gasteiger partial charge in [0, 0.05) is 6.42 Å². The molecule has 2 unspecified atom stereocenters. The van der Waals surface area contributed by atoms with E-state index in [1.165, 1.54) is 71.1 Å². The van der Waals surface area contributed by atoms with E-state index >= 15 is 0 Å². The summed E-state index contributed by atoms with van der Waals surface area (Å²) in [4.78, 5) is 11.7. The van der Waals surface area contributed by atoms with Gasteiger partial charge < -0.3 is 10.2 Å². The third kappa shape index (κ3) is 11.7. The largest absolute Gasteiger partial charge is 0.388 e. The van der Waals surface area contributed by atoms with Gasteiger partial charge in [-0.3, -0.25) is 10.5 Å². The number of Topliss-reactive ketones (excluding diaryl/α,β-unsaturated/α-hetero) is 1. The minimum Gasteiger partial charge on any atom is -0.388 e. The van der Waals surface area contributed by atoms with Crippen molar-refractivity contribution >= 4 is 5.78 Å². The van der Waals surface area contributed by atoms with Crippen molar-refractivity contribution in [1.29, 1.82) is 0 Å². The summed E-state index contributed by atoms with van der Waals surface area (Å²) in [6.45, 7) is 3.58. The molecule has 0 aliphatic heterocycles. The van der Waals surface area contributed by atoms with Gasteiger partial charge in [0.1, 0.15) is 6.10 Å². The Bertz CT molecular complexity index is 290. The van der Waals surface area contributed by atoms with Crippen molar-refractivity contribution in [1.82, 2.24) is 0 Å². The molecule has 4 N–H and O–H groups in total. The van der Waals surface area contributed by atoms with Gasteiger partial charge >= 0.3 is 0 Å². The average Bonchev–Trinajstić information content (AvgIpc) is 2.51. The highest BCUT2D eigenvalue weighted by atomic mass is 16.4. The topological polar surface area (TPSA) is 83.6 Å². The van der Waals surface area contributed by atoms with E-state index in [1.54, 1.807) is 0 Å². The molecule has 138 valence electrons. The Morgan fingerprint density at radius 2 is 1.22 bits per heavy atom. The highest BCUT2D eigenvalue weighted by Crippen LogP contribution is 2.14. The predicted octanol–water partition coefficient (Wildman–Crippen LogP) is 4.06. The minimum absolute atomic E-state index is 0.246. The van der Waals surface area contributed by atoms with Gasteiger partial charge in [0.2, 0.25) is 0 Å². The lowest BCUT2D eigenvalue weighted by Gasteiger charge is -2.24. The van der Waals surface area contributed by atoms with Crippen LogP contribution in [-0.4, -0.2) is 27.8 Å². The molecule has 0 aromatic rings. The van der Waals surface area contributed by atoms with E-state index < -0.39 is 17.6 Å². The summed E-state index contributed by atoms with van der Waals surface area (Å²) in [5, 5.41) is 18.9. The fourth-order valence-electron chi connectivity index (χ4n) is 2.74. The van der Waals surface area contributed by atoms with Crippen LogP contribution in [0.4, 0.5) is 0 Å². The number of unbranched alkanes of at least 4 members (excludes halogenated alkanes) is 12. The summed E-state index contributed by atoms with van der Waals surface area (Å²) < 4.78 is 0. The van der Waals surface area contributed by atoms with Crippen molar-refractivity contribution in [3.05, 3.63) is 0 Å². The number of rotatable bonds is 16. The predicted molar refractivity (Wildman–Crippen MR) is 96.1 cm³/mol. The van der Waals surface area contributed by atoms with Gasteiger partial charge in [-0.15, -0.1) is 0 Å². The fraction of sp³-hybridized carbons (Fsp3) is 0.947. The molecule has 4 heteroatoms. The van der Waals surface area contributed by atoms with Gasteiger partial charge in [0.15, 0.2) is 11.5 Å². The molecule has 0 aliphatic rings. The van der Waals surface area contributed by atoms with Gasteiger partial charge in [-0.05, 0) is 13.3 Å². The van der Waals surface area contributed by atoms with Crippen LogP contribution >= 0.6 is 0 Å². The van der Waals surface area contributed by atoms with Crippen LogP contribution in [0.15, 0.2) is 0 Å². The zero-order valence-electron chi connectivity index (χ0n) is 15.4. The fourth-order valence-corrected chi connectivity index (χ4v) is 2.74. The van der Waals surface area contributed by atoms with Crippen LogP contribution in [0.25, 0.3) is 0 Å². The summed E-state index contributed by atoms with van der Waals surface area (Å²) in [6, 6.07) is 0. The van der Waals surface area contributed by atoms with E-state index in [0.29, 0.717) is 0 Å². The molecule has 23 heavy (non-hydrogen) atoms. The van der Waals surface area contributed by atoms with Gasteiger partial charge in [0.05, 0.1) is 0 Å². The smallest absolute Gasteiger partial charge is 0.199 e. The van der Waals surface area contributed by atoms with E-state index in [1.807, 2.05) is 0 Å². The second-order valence-electron chi connectivity index (χ2n) is 6.92. The zero-order valence-corrected chi connectivity index (χ0v) is 15.4. The summed E-state index contributed by atoms with van der Waals surface area (Å²) >= 11 is 0. The molecule has 0 amide bonds. The van der Waals surface area contributed by atoms with Crippen molar-refractivity contribution in [2.75, 3.05) is 0 Å². The standard InChI is InChI=1S/C19H39NO3/c1-3-4-5-6-7-8-9-10-11-12-13-14-15-16-18(22)19(20,23)17(2)21/h17,21,23H,3-16,20H2,1-2H3. The lowest BCUT2D eigenvalue weighted by Crippen LogP contribution is -2.56. The maximum atomic E-state index is 11.7. The lowest BCUT2D eigenvalue weighted by atomic mass is 9.98. The first-order chi connectivity index (χ1) is 10.9. The molecule has 2 atom stereocenters. The Morgan fingerprint density at radius 3 is 1.57 bits per heavy atom. The van der Waals surface area contributed by atoms with Crippen molar-refractivity contribution in [3.8, 4) is 0 Å². The number of hydrogen-bond acceptors (Lipinski definition) is 4. The summed E-state index contributed by atoms with van der Waals surface area (Å²) in [7, 11) is 0. The molecule has 0 aromatic carbocycles. The van der Waals surface area contributed by atoms with Crippen LogP contribution in [0.1, 0.15) is 104 Å². The second-order valence-corrected chi connectivity index (χ2v) is 6.92. The van der Waals surface area contributed by atoms with Crippen molar-refractivity contribution in [2.24, 2.45) is 5.73 Å². The summed E-state index contributed by atoms with van der Waals surface area (Å²) in [6.07, 6.45) is 15.2. The van der Waals surface area contributed by atoms with Crippen LogP contribution in [0.2, 0.25) is 0 Å². The summed E-state index contributed by atoms with van der Waals surface area (Å²) in [5.41, 5.74) is 3.32. The molecule has 0 bridgehead atoms. The summed E-state index contributed by atoms with van der Waals surface area (Å²) in [5.74, 6) is -0.462. The maximum Gasteiger partial charge on any atom is 0.199 e. The van der Waals surface area contributed by atoms with Gasteiger partial charge in [-0.1, -0.05) is 84.0 Å². The molecule has 0 radical (unpaired) electrons. The molecule has 4 nitrogen and oxygen atoms in total. The highest BCUT2D eigenvalue weighted by molar-refractivity contribution is 5.86.